The van der Waals surface area contributed by atoms with Crippen molar-refractivity contribution >= 4 is 17.7 Å². The van der Waals surface area contributed by atoms with Gasteiger partial charge in [-0.1, -0.05) is 6.07 Å². The summed E-state index contributed by atoms with van der Waals surface area (Å²) in [5, 5.41) is 13.1. The Labute approximate surface area is 191 Å². The topological polar surface area (TPSA) is 114 Å². The smallest absolute Gasteiger partial charge is 0.325 e. The molecule has 2 aliphatic rings. The van der Waals surface area contributed by atoms with E-state index in [0.717, 1.165) is 11.3 Å². The van der Waals surface area contributed by atoms with Crippen LogP contribution in [-0.2, 0) is 10.3 Å². The number of carbonyl (C=O) groups excluding carboxylic acids is 3. The molecule has 4 rings (SSSR count). The van der Waals surface area contributed by atoms with E-state index in [4.69, 9.17) is 14.2 Å². The second-order valence-corrected chi connectivity index (χ2v) is 8.23. The second kappa shape index (κ2) is 9.11. The van der Waals surface area contributed by atoms with Gasteiger partial charge in [-0.3, -0.25) is 14.5 Å². The minimum atomic E-state index is -1.30. The van der Waals surface area contributed by atoms with E-state index in [2.05, 4.69) is 5.32 Å². The van der Waals surface area contributed by atoms with E-state index in [0.29, 0.717) is 41.6 Å². The van der Waals surface area contributed by atoms with Crippen LogP contribution in [0.3, 0.4) is 0 Å². The molecule has 174 valence electrons. The Morgan fingerprint density at radius 1 is 1.15 bits per heavy atom. The first-order valence-electron chi connectivity index (χ1n) is 10.7. The highest BCUT2D eigenvalue weighted by Crippen LogP contribution is 2.36. The van der Waals surface area contributed by atoms with Crippen molar-refractivity contribution in [2.24, 2.45) is 0 Å². The predicted octanol–water partition coefficient (Wildman–Crippen LogP) is 2.26. The number of ether oxygens (including phenoxy) is 3. The lowest BCUT2D eigenvalue weighted by Crippen LogP contribution is -2.42. The van der Waals surface area contributed by atoms with Gasteiger partial charge in [0.25, 0.3) is 5.91 Å². The van der Waals surface area contributed by atoms with Crippen LogP contribution in [0.2, 0.25) is 0 Å². The third kappa shape index (κ3) is 4.63. The van der Waals surface area contributed by atoms with Gasteiger partial charge in [-0.25, -0.2) is 4.79 Å². The van der Waals surface area contributed by atoms with Crippen LogP contribution in [0.5, 0.6) is 17.2 Å². The van der Waals surface area contributed by atoms with Crippen molar-refractivity contribution in [3.05, 3.63) is 53.6 Å². The number of amides is 3. The number of benzene rings is 2. The highest BCUT2D eigenvalue weighted by molar-refractivity contribution is 6.07. The van der Waals surface area contributed by atoms with E-state index in [-0.39, 0.29) is 18.9 Å². The summed E-state index contributed by atoms with van der Waals surface area (Å²) in [6.07, 6.45) is -0.343. The molecule has 1 saturated heterocycles. The van der Waals surface area contributed by atoms with Crippen molar-refractivity contribution < 1.29 is 33.7 Å². The standard InChI is InChI=1S/C24H26N2O7/c1-15(27)16-4-7-19(8-5-16)33-14-18(28)13-26-22(29)24(2,25-23(26)30)17-6-9-20-21(12-17)32-11-3-10-31-20/h4-9,12,18,28H,3,10-11,13-14H2,1-2H3,(H,25,30)/t18-,24-/m0/s1. The summed E-state index contributed by atoms with van der Waals surface area (Å²) in [6, 6.07) is 11.1. The second-order valence-electron chi connectivity index (χ2n) is 8.23. The third-order valence-corrected chi connectivity index (χ3v) is 5.70. The molecule has 2 atom stereocenters. The lowest BCUT2D eigenvalue weighted by molar-refractivity contribution is -0.132. The first-order valence-corrected chi connectivity index (χ1v) is 10.7. The molecule has 0 unspecified atom stereocenters. The molecule has 2 heterocycles. The molecule has 2 N–H and O–H groups in total. The number of hydrogen-bond acceptors (Lipinski definition) is 7. The number of nitrogens with zero attached hydrogens (tertiary/aromatic N) is 1. The van der Waals surface area contributed by atoms with Crippen LogP contribution >= 0.6 is 0 Å². The van der Waals surface area contributed by atoms with Crippen LogP contribution < -0.4 is 19.5 Å². The van der Waals surface area contributed by atoms with Gasteiger partial charge >= 0.3 is 6.03 Å². The van der Waals surface area contributed by atoms with Gasteiger partial charge in [0, 0.05) is 12.0 Å². The van der Waals surface area contributed by atoms with E-state index >= 15 is 0 Å². The fraction of sp³-hybridized carbons (Fsp3) is 0.375. The number of imide groups is 1. The average Bonchev–Trinajstić information content (AvgIpc) is 2.96. The molecule has 1 fully saturated rings. The average molecular weight is 454 g/mol. The lowest BCUT2D eigenvalue weighted by Gasteiger charge is -2.24. The molecule has 3 amide bonds. The molecule has 0 aliphatic carbocycles. The maximum absolute atomic E-state index is 13.2. The van der Waals surface area contributed by atoms with Crippen LogP contribution in [0.4, 0.5) is 4.79 Å². The quantitative estimate of drug-likeness (QED) is 0.487. The van der Waals surface area contributed by atoms with Crippen molar-refractivity contribution in [3.8, 4) is 17.2 Å². The number of β-amino-alcohol motifs (C(OH)–C–C–N with tert-alkyl or cyclic N) is 1. The zero-order valence-electron chi connectivity index (χ0n) is 18.5. The molecule has 9 heteroatoms. The minimum Gasteiger partial charge on any atom is -0.491 e. The molecule has 0 aromatic heterocycles. The van der Waals surface area contributed by atoms with Crippen molar-refractivity contribution in [2.75, 3.05) is 26.4 Å². The fourth-order valence-electron chi connectivity index (χ4n) is 3.77. The number of carbonyl (C=O) groups is 3. The lowest BCUT2D eigenvalue weighted by atomic mass is 9.91. The number of aliphatic hydroxyl groups is 1. The van der Waals surface area contributed by atoms with E-state index in [1.165, 1.54) is 6.92 Å². The highest BCUT2D eigenvalue weighted by Gasteiger charge is 2.49. The first kappa shape index (κ1) is 22.6. The largest absolute Gasteiger partial charge is 0.491 e. The number of rotatable bonds is 7. The van der Waals surface area contributed by atoms with Crippen molar-refractivity contribution in [3.63, 3.8) is 0 Å². The summed E-state index contributed by atoms with van der Waals surface area (Å²) in [4.78, 5) is 38.1. The Kier molecular flexibility index (Phi) is 6.24. The Balaban J connectivity index is 1.41. The van der Waals surface area contributed by atoms with Crippen LogP contribution in [0, 0.1) is 0 Å². The van der Waals surface area contributed by atoms with E-state index in [9.17, 15) is 19.5 Å². The normalized spacial score (nSPS) is 20.8. The number of ketones is 1. The maximum atomic E-state index is 13.2. The minimum absolute atomic E-state index is 0.0586. The van der Waals surface area contributed by atoms with E-state index in [1.807, 2.05) is 0 Å². The number of Topliss-reactive ketones (excluding diaryl/α,β-unsaturated/α-hetero) is 1. The Morgan fingerprint density at radius 3 is 2.55 bits per heavy atom. The number of urea groups is 1. The Bertz CT molecular complexity index is 1070. The van der Waals surface area contributed by atoms with Gasteiger partial charge in [0.2, 0.25) is 0 Å². The van der Waals surface area contributed by atoms with E-state index < -0.39 is 23.6 Å². The van der Waals surface area contributed by atoms with Gasteiger partial charge in [0.15, 0.2) is 17.3 Å². The SMILES string of the molecule is CC(=O)c1ccc(OC[C@@H](O)CN2C(=O)N[C@@](C)(c3ccc4c(c3)OCCCO4)C2=O)cc1. The maximum Gasteiger partial charge on any atom is 0.325 e. The predicted molar refractivity (Wildman–Crippen MR) is 118 cm³/mol. The van der Waals surface area contributed by atoms with Crippen molar-refractivity contribution in [1.29, 1.82) is 0 Å². The monoisotopic (exact) mass is 454 g/mol. The number of hydrogen-bond donors (Lipinski definition) is 2. The molecule has 0 spiro atoms. The molecule has 0 bridgehead atoms. The highest BCUT2D eigenvalue weighted by atomic mass is 16.5. The zero-order valence-corrected chi connectivity index (χ0v) is 18.5. The molecule has 33 heavy (non-hydrogen) atoms. The summed E-state index contributed by atoms with van der Waals surface area (Å²) in [7, 11) is 0. The summed E-state index contributed by atoms with van der Waals surface area (Å²) in [5.41, 5.74) is -0.189. The fourth-order valence-corrected chi connectivity index (χ4v) is 3.77. The van der Waals surface area contributed by atoms with Crippen LogP contribution in [-0.4, -0.2) is 60.2 Å². The molecule has 9 nitrogen and oxygen atoms in total. The summed E-state index contributed by atoms with van der Waals surface area (Å²) in [6.45, 7) is 3.79. The molecule has 2 aliphatic heterocycles. The zero-order chi connectivity index (χ0) is 23.6. The van der Waals surface area contributed by atoms with Gasteiger partial charge in [0.1, 0.15) is 24.0 Å². The van der Waals surface area contributed by atoms with Gasteiger partial charge in [0.05, 0.1) is 19.8 Å². The molecular weight excluding hydrogens is 428 g/mol. The summed E-state index contributed by atoms with van der Waals surface area (Å²) >= 11 is 0. The molecular formula is C24H26N2O7. The Hall–Kier alpha value is -3.59. The van der Waals surface area contributed by atoms with Gasteiger partial charge in [-0.2, -0.15) is 0 Å². The third-order valence-electron chi connectivity index (χ3n) is 5.70. The van der Waals surface area contributed by atoms with Crippen LogP contribution in [0.1, 0.15) is 36.2 Å². The first-order chi connectivity index (χ1) is 15.8. The van der Waals surface area contributed by atoms with Gasteiger partial charge < -0.3 is 24.6 Å². The number of aliphatic hydroxyl groups excluding tert-OH is 1. The van der Waals surface area contributed by atoms with Gasteiger partial charge in [-0.15, -0.1) is 0 Å². The summed E-state index contributed by atoms with van der Waals surface area (Å²) < 4.78 is 16.9. The Morgan fingerprint density at radius 2 is 1.85 bits per heavy atom. The number of nitrogens with one attached hydrogen (secondary N) is 1. The molecule has 0 saturated carbocycles. The van der Waals surface area contributed by atoms with Crippen LogP contribution in [0.15, 0.2) is 42.5 Å². The summed E-state index contributed by atoms with van der Waals surface area (Å²) in [5.74, 6) is 1.05. The molecule has 2 aromatic rings. The van der Waals surface area contributed by atoms with Crippen molar-refractivity contribution in [2.45, 2.75) is 31.9 Å². The van der Waals surface area contributed by atoms with Crippen LogP contribution in [0.25, 0.3) is 0 Å². The van der Waals surface area contributed by atoms with Crippen molar-refractivity contribution in [1.82, 2.24) is 10.2 Å². The molecule has 2 aromatic carbocycles. The number of fused-ring (bicyclic) bond motifs is 1. The van der Waals surface area contributed by atoms with E-state index in [1.54, 1.807) is 49.4 Å². The van der Waals surface area contributed by atoms with Gasteiger partial charge in [-0.05, 0) is 55.8 Å². The molecule has 0 radical (unpaired) electrons.